The highest BCUT2D eigenvalue weighted by molar-refractivity contribution is 5.83. The minimum Gasteiger partial charge on any atom is -0.507 e. The number of ether oxygens (including phenoxy) is 2. The van der Waals surface area contributed by atoms with Crippen molar-refractivity contribution in [2.75, 3.05) is 20.2 Å². The van der Waals surface area contributed by atoms with E-state index in [-0.39, 0.29) is 34.6 Å². The standard InChI is InChI=1S/C24H24F3NO5/c1-14-9-11-28(12-10-14)13-18-19(29)8-7-17-20(30)22(23(24(25,26)27)33-21(17)18)32-16-5-3-15(31-2)4-6-16/h3-8,14,29H,9-13H2,1-2H3. The summed E-state index contributed by atoms with van der Waals surface area (Å²) >= 11 is 0. The van der Waals surface area contributed by atoms with Crippen molar-refractivity contribution in [2.24, 2.45) is 5.92 Å². The number of phenols is 1. The van der Waals surface area contributed by atoms with Crippen molar-refractivity contribution < 1.29 is 32.2 Å². The average molecular weight is 463 g/mol. The van der Waals surface area contributed by atoms with Gasteiger partial charge in [0, 0.05) is 6.54 Å². The van der Waals surface area contributed by atoms with Gasteiger partial charge in [-0.15, -0.1) is 0 Å². The normalized spacial score (nSPS) is 15.7. The monoisotopic (exact) mass is 463 g/mol. The number of methoxy groups -OCH3 is 1. The zero-order chi connectivity index (χ0) is 23.8. The van der Waals surface area contributed by atoms with Gasteiger partial charge >= 0.3 is 6.18 Å². The Morgan fingerprint density at radius 3 is 2.33 bits per heavy atom. The Balaban J connectivity index is 1.81. The molecule has 1 aliphatic heterocycles. The second-order valence-electron chi connectivity index (χ2n) is 8.26. The molecular weight excluding hydrogens is 439 g/mol. The third-order valence-electron chi connectivity index (χ3n) is 5.89. The van der Waals surface area contributed by atoms with E-state index in [4.69, 9.17) is 13.9 Å². The van der Waals surface area contributed by atoms with Crippen LogP contribution in [-0.4, -0.2) is 30.2 Å². The van der Waals surface area contributed by atoms with Crippen molar-refractivity contribution >= 4 is 11.0 Å². The second kappa shape index (κ2) is 8.97. The molecule has 0 atom stereocenters. The van der Waals surface area contributed by atoms with E-state index < -0.39 is 23.1 Å². The van der Waals surface area contributed by atoms with Crippen LogP contribution in [0.3, 0.4) is 0 Å². The van der Waals surface area contributed by atoms with Crippen LogP contribution in [0.5, 0.6) is 23.0 Å². The van der Waals surface area contributed by atoms with Gasteiger partial charge in [0.05, 0.1) is 18.1 Å². The Morgan fingerprint density at radius 1 is 1.09 bits per heavy atom. The Labute approximate surface area is 188 Å². The van der Waals surface area contributed by atoms with Crippen LogP contribution in [0.2, 0.25) is 0 Å². The van der Waals surface area contributed by atoms with Crippen molar-refractivity contribution in [2.45, 2.75) is 32.5 Å². The van der Waals surface area contributed by atoms with Gasteiger partial charge in [-0.2, -0.15) is 13.2 Å². The van der Waals surface area contributed by atoms with Crippen LogP contribution in [0.1, 0.15) is 31.1 Å². The number of phenolic OH excluding ortho intramolecular Hbond substituents is 1. The minimum atomic E-state index is -4.99. The maximum Gasteiger partial charge on any atom is 0.453 e. The Hall–Kier alpha value is -3.20. The first kappa shape index (κ1) is 23.0. The lowest BCUT2D eigenvalue weighted by Gasteiger charge is -2.30. The van der Waals surface area contributed by atoms with Crippen molar-refractivity contribution in [3.8, 4) is 23.0 Å². The number of likely N-dealkylation sites (tertiary alicyclic amines) is 1. The number of halogens is 3. The Kier molecular flexibility index (Phi) is 6.25. The highest BCUT2D eigenvalue weighted by Crippen LogP contribution is 2.40. The van der Waals surface area contributed by atoms with E-state index in [1.54, 1.807) is 0 Å². The van der Waals surface area contributed by atoms with Gasteiger partial charge < -0.3 is 19.0 Å². The van der Waals surface area contributed by atoms with Crippen LogP contribution >= 0.6 is 0 Å². The molecule has 1 fully saturated rings. The predicted octanol–water partition coefficient (Wildman–Crippen LogP) is 5.55. The van der Waals surface area contributed by atoms with Crippen LogP contribution in [0.4, 0.5) is 13.2 Å². The highest BCUT2D eigenvalue weighted by atomic mass is 19.4. The fourth-order valence-electron chi connectivity index (χ4n) is 3.92. The van der Waals surface area contributed by atoms with Gasteiger partial charge in [0.2, 0.25) is 11.2 Å². The lowest BCUT2D eigenvalue weighted by molar-refractivity contribution is -0.154. The summed E-state index contributed by atoms with van der Waals surface area (Å²) in [5.74, 6) is -1.65. The van der Waals surface area contributed by atoms with Crippen LogP contribution in [0.15, 0.2) is 45.6 Å². The molecule has 1 saturated heterocycles. The zero-order valence-electron chi connectivity index (χ0n) is 18.2. The number of rotatable bonds is 5. The van der Waals surface area contributed by atoms with Crippen molar-refractivity contribution in [1.29, 1.82) is 0 Å². The van der Waals surface area contributed by atoms with Crippen LogP contribution < -0.4 is 14.9 Å². The largest absolute Gasteiger partial charge is 0.507 e. The molecule has 0 spiro atoms. The lowest BCUT2D eigenvalue weighted by Crippen LogP contribution is -2.32. The van der Waals surface area contributed by atoms with Crippen molar-refractivity contribution in [3.63, 3.8) is 0 Å². The molecule has 0 unspecified atom stereocenters. The SMILES string of the molecule is COc1ccc(Oc2c(C(F)(F)F)oc3c(CN4CCC(C)CC4)c(O)ccc3c2=O)cc1. The van der Waals surface area contributed by atoms with Gasteiger partial charge in [-0.3, -0.25) is 9.69 Å². The molecule has 0 bridgehead atoms. The molecular formula is C24H24F3NO5. The van der Waals surface area contributed by atoms with E-state index in [1.807, 2.05) is 4.90 Å². The Bertz CT molecular complexity index is 1200. The number of nitrogens with zero attached hydrogens (tertiary/aromatic N) is 1. The first-order valence-electron chi connectivity index (χ1n) is 10.6. The summed E-state index contributed by atoms with van der Waals surface area (Å²) in [6.07, 6.45) is -3.09. The number of hydrogen-bond acceptors (Lipinski definition) is 6. The maximum atomic E-state index is 13.9. The first-order valence-corrected chi connectivity index (χ1v) is 10.6. The third-order valence-corrected chi connectivity index (χ3v) is 5.89. The van der Waals surface area contributed by atoms with E-state index in [2.05, 4.69) is 6.92 Å². The lowest BCUT2D eigenvalue weighted by atomic mass is 9.98. The van der Waals surface area contributed by atoms with Crippen LogP contribution in [-0.2, 0) is 12.7 Å². The van der Waals surface area contributed by atoms with Gasteiger partial charge in [-0.25, -0.2) is 0 Å². The molecule has 2 heterocycles. The molecule has 0 radical (unpaired) electrons. The molecule has 0 amide bonds. The van der Waals surface area contributed by atoms with E-state index >= 15 is 0 Å². The number of alkyl halides is 3. The summed E-state index contributed by atoms with van der Waals surface area (Å²) < 4.78 is 57.4. The predicted molar refractivity (Wildman–Crippen MR) is 116 cm³/mol. The first-order chi connectivity index (χ1) is 15.7. The number of hydrogen-bond donors (Lipinski definition) is 1. The average Bonchev–Trinajstić information content (AvgIpc) is 2.78. The molecule has 33 heavy (non-hydrogen) atoms. The fourth-order valence-corrected chi connectivity index (χ4v) is 3.92. The number of benzene rings is 2. The molecule has 1 aliphatic rings. The number of piperidine rings is 1. The molecule has 176 valence electrons. The van der Waals surface area contributed by atoms with E-state index in [0.29, 0.717) is 11.7 Å². The summed E-state index contributed by atoms with van der Waals surface area (Å²) in [6, 6.07) is 8.33. The second-order valence-corrected chi connectivity index (χ2v) is 8.26. The molecule has 0 saturated carbocycles. The minimum absolute atomic E-state index is 0.0226. The molecule has 4 rings (SSSR count). The Morgan fingerprint density at radius 2 is 1.73 bits per heavy atom. The fraction of sp³-hybridized carbons (Fsp3) is 0.375. The summed E-state index contributed by atoms with van der Waals surface area (Å²) in [4.78, 5) is 15.1. The highest BCUT2D eigenvalue weighted by Gasteiger charge is 2.41. The third kappa shape index (κ3) is 4.78. The van der Waals surface area contributed by atoms with Gasteiger partial charge in [0.1, 0.15) is 22.8 Å². The maximum absolute atomic E-state index is 13.9. The number of aromatic hydroxyl groups is 1. The topological polar surface area (TPSA) is 72.1 Å². The van der Waals surface area contributed by atoms with Crippen LogP contribution in [0.25, 0.3) is 11.0 Å². The molecule has 3 aromatic rings. The van der Waals surface area contributed by atoms with Gasteiger partial charge in [-0.1, -0.05) is 6.92 Å². The molecule has 0 aliphatic carbocycles. The zero-order valence-corrected chi connectivity index (χ0v) is 18.2. The van der Waals surface area contributed by atoms with Gasteiger partial charge in [0.15, 0.2) is 0 Å². The quantitative estimate of drug-likeness (QED) is 0.535. The smallest absolute Gasteiger partial charge is 0.453 e. The van der Waals surface area contributed by atoms with Crippen molar-refractivity contribution in [3.05, 3.63) is 57.9 Å². The van der Waals surface area contributed by atoms with E-state index in [0.717, 1.165) is 25.9 Å². The summed E-state index contributed by atoms with van der Waals surface area (Å²) in [5, 5.41) is 10.3. The molecule has 1 aromatic heterocycles. The molecule has 9 heteroatoms. The van der Waals surface area contributed by atoms with Crippen LogP contribution in [0, 0.1) is 5.92 Å². The summed E-state index contributed by atoms with van der Waals surface area (Å²) in [6.45, 7) is 3.80. The summed E-state index contributed by atoms with van der Waals surface area (Å²) in [7, 11) is 1.45. The van der Waals surface area contributed by atoms with Gasteiger partial charge in [-0.05, 0) is 68.2 Å². The summed E-state index contributed by atoms with van der Waals surface area (Å²) in [5.41, 5.74) is -1.10. The number of fused-ring (bicyclic) bond motifs is 1. The van der Waals surface area contributed by atoms with Gasteiger partial charge in [0.25, 0.3) is 5.76 Å². The molecule has 2 aromatic carbocycles. The van der Waals surface area contributed by atoms with Crippen molar-refractivity contribution in [1.82, 2.24) is 4.90 Å². The molecule has 1 N–H and O–H groups in total. The molecule has 6 nitrogen and oxygen atoms in total. The van der Waals surface area contributed by atoms with E-state index in [1.165, 1.54) is 43.5 Å². The van der Waals surface area contributed by atoms with E-state index in [9.17, 15) is 23.1 Å².